The van der Waals surface area contributed by atoms with E-state index in [1.807, 2.05) is 30.3 Å². The van der Waals surface area contributed by atoms with Crippen molar-refractivity contribution < 1.29 is 19.1 Å². The Labute approximate surface area is 155 Å². The number of rotatable bonds is 6. The van der Waals surface area contributed by atoms with E-state index in [0.717, 1.165) is 5.75 Å². The molecule has 0 saturated carbocycles. The molecule has 26 heavy (non-hydrogen) atoms. The summed E-state index contributed by atoms with van der Waals surface area (Å²) >= 11 is 1.27. The number of carbonyl (C=O) groups is 2. The van der Waals surface area contributed by atoms with Gasteiger partial charge >= 0.3 is 5.97 Å². The van der Waals surface area contributed by atoms with Gasteiger partial charge in [0.05, 0.1) is 0 Å². The first-order chi connectivity index (χ1) is 12.6. The van der Waals surface area contributed by atoms with Crippen LogP contribution in [0.5, 0.6) is 11.5 Å². The Morgan fingerprint density at radius 2 is 1.62 bits per heavy atom. The molecule has 0 aliphatic carbocycles. The van der Waals surface area contributed by atoms with Gasteiger partial charge in [-0.2, -0.15) is 0 Å². The van der Waals surface area contributed by atoms with Gasteiger partial charge in [-0.3, -0.25) is 4.79 Å². The van der Waals surface area contributed by atoms with E-state index in [0.29, 0.717) is 16.3 Å². The molecular weight excluding hydrogens is 350 g/mol. The highest BCUT2D eigenvalue weighted by Crippen LogP contribution is 2.22. The SMILES string of the molecule is C[C@@H](OC(=O)c1cccs1)C(=O)Nc1ccc(Oc2ccccc2)cc1. The molecule has 0 fully saturated rings. The number of hydrogen-bond donors (Lipinski definition) is 1. The minimum Gasteiger partial charge on any atom is -0.457 e. The summed E-state index contributed by atoms with van der Waals surface area (Å²) in [5.41, 5.74) is 0.592. The van der Waals surface area contributed by atoms with Crippen molar-refractivity contribution in [2.24, 2.45) is 0 Å². The third kappa shape index (κ3) is 4.70. The molecule has 6 heteroatoms. The molecule has 0 bridgehead atoms. The molecule has 0 aliphatic heterocycles. The minimum atomic E-state index is -0.898. The van der Waals surface area contributed by atoms with Gasteiger partial charge in [0.15, 0.2) is 6.10 Å². The highest BCUT2D eigenvalue weighted by Gasteiger charge is 2.19. The first-order valence-corrected chi connectivity index (χ1v) is 8.88. The standard InChI is InChI=1S/C20H17NO4S/c1-14(24-20(23)18-8-5-13-26-18)19(22)21-15-9-11-17(12-10-15)25-16-6-3-2-4-7-16/h2-14H,1H3,(H,21,22)/t14-/m1/s1. The van der Waals surface area contributed by atoms with Crippen molar-refractivity contribution in [1.29, 1.82) is 0 Å². The van der Waals surface area contributed by atoms with Crippen molar-refractivity contribution in [2.75, 3.05) is 5.32 Å². The van der Waals surface area contributed by atoms with Gasteiger partial charge in [-0.05, 0) is 54.8 Å². The summed E-state index contributed by atoms with van der Waals surface area (Å²) in [6.45, 7) is 1.54. The monoisotopic (exact) mass is 367 g/mol. The van der Waals surface area contributed by atoms with Crippen LogP contribution in [0.1, 0.15) is 16.6 Å². The summed E-state index contributed by atoms with van der Waals surface area (Å²) in [7, 11) is 0. The first kappa shape index (κ1) is 17.7. The van der Waals surface area contributed by atoms with E-state index in [9.17, 15) is 9.59 Å². The Morgan fingerprint density at radius 3 is 2.27 bits per heavy atom. The molecule has 0 radical (unpaired) electrons. The van der Waals surface area contributed by atoms with Gasteiger partial charge in [-0.15, -0.1) is 11.3 Å². The molecule has 0 saturated heterocycles. The fourth-order valence-corrected chi connectivity index (χ4v) is 2.75. The number of benzene rings is 2. The van der Waals surface area contributed by atoms with Crippen LogP contribution in [0.2, 0.25) is 0 Å². The predicted octanol–water partition coefficient (Wildman–Crippen LogP) is 4.72. The van der Waals surface area contributed by atoms with E-state index in [2.05, 4.69) is 5.32 Å². The summed E-state index contributed by atoms with van der Waals surface area (Å²) in [4.78, 5) is 24.5. The highest BCUT2D eigenvalue weighted by molar-refractivity contribution is 7.11. The summed E-state index contributed by atoms with van der Waals surface area (Å²) in [5.74, 6) is 0.491. The quantitative estimate of drug-likeness (QED) is 0.640. The van der Waals surface area contributed by atoms with Crippen LogP contribution in [0.4, 0.5) is 5.69 Å². The predicted molar refractivity (Wildman–Crippen MR) is 101 cm³/mol. The fourth-order valence-electron chi connectivity index (χ4n) is 2.14. The van der Waals surface area contributed by atoms with E-state index < -0.39 is 18.0 Å². The molecule has 0 spiro atoms. The Balaban J connectivity index is 1.54. The Morgan fingerprint density at radius 1 is 0.923 bits per heavy atom. The number of thiophene rings is 1. The van der Waals surface area contributed by atoms with Crippen LogP contribution < -0.4 is 10.1 Å². The van der Waals surface area contributed by atoms with Crippen molar-refractivity contribution in [2.45, 2.75) is 13.0 Å². The summed E-state index contributed by atoms with van der Waals surface area (Å²) in [6.07, 6.45) is -0.898. The van der Waals surface area contributed by atoms with Crippen molar-refractivity contribution >= 4 is 28.9 Å². The van der Waals surface area contributed by atoms with E-state index in [1.54, 1.807) is 41.8 Å². The Kier molecular flexibility index (Phi) is 5.66. The van der Waals surface area contributed by atoms with Crippen molar-refractivity contribution in [3.05, 3.63) is 77.0 Å². The van der Waals surface area contributed by atoms with Crippen LogP contribution in [0.25, 0.3) is 0 Å². The molecule has 3 rings (SSSR count). The summed E-state index contributed by atoms with van der Waals surface area (Å²) in [6, 6.07) is 19.8. The summed E-state index contributed by atoms with van der Waals surface area (Å²) in [5, 5.41) is 4.49. The molecule has 0 aliphatic rings. The molecule has 1 aromatic heterocycles. The maximum Gasteiger partial charge on any atom is 0.349 e. The van der Waals surface area contributed by atoms with E-state index in [1.165, 1.54) is 18.3 Å². The van der Waals surface area contributed by atoms with Crippen molar-refractivity contribution in [3.8, 4) is 11.5 Å². The van der Waals surface area contributed by atoms with Gasteiger partial charge in [0.1, 0.15) is 16.4 Å². The van der Waals surface area contributed by atoms with Gasteiger partial charge in [-0.1, -0.05) is 24.3 Å². The van der Waals surface area contributed by atoms with Gasteiger partial charge in [0.25, 0.3) is 5.91 Å². The maximum atomic E-state index is 12.2. The molecule has 0 unspecified atom stereocenters. The zero-order chi connectivity index (χ0) is 18.4. The Bertz CT molecular complexity index is 861. The average Bonchev–Trinajstić information content (AvgIpc) is 3.19. The lowest BCUT2D eigenvalue weighted by Gasteiger charge is -2.13. The van der Waals surface area contributed by atoms with Crippen molar-refractivity contribution in [3.63, 3.8) is 0 Å². The zero-order valence-corrected chi connectivity index (χ0v) is 14.9. The molecule has 1 N–H and O–H groups in total. The number of carbonyl (C=O) groups excluding carboxylic acids is 2. The van der Waals surface area contributed by atoms with Crippen molar-refractivity contribution in [1.82, 2.24) is 0 Å². The third-order valence-corrected chi connectivity index (χ3v) is 4.33. The number of hydrogen-bond acceptors (Lipinski definition) is 5. The minimum absolute atomic E-state index is 0.397. The normalized spacial score (nSPS) is 11.4. The zero-order valence-electron chi connectivity index (χ0n) is 14.0. The summed E-state index contributed by atoms with van der Waals surface area (Å²) < 4.78 is 10.9. The second-order valence-corrected chi connectivity index (χ2v) is 6.40. The lowest BCUT2D eigenvalue weighted by Crippen LogP contribution is -2.29. The molecule has 3 aromatic rings. The number of esters is 1. The number of amides is 1. The topological polar surface area (TPSA) is 64.6 Å². The third-order valence-electron chi connectivity index (χ3n) is 3.48. The average molecular weight is 367 g/mol. The molecular formula is C20H17NO4S. The molecule has 132 valence electrons. The second-order valence-electron chi connectivity index (χ2n) is 5.45. The van der Waals surface area contributed by atoms with Crippen LogP contribution in [-0.2, 0) is 9.53 Å². The van der Waals surface area contributed by atoms with E-state index >= 15 is 0 Å². The van der Waals surface area contributed by atoms with E-state index in [4.69, 9.17) is 9.47 Å². The number of anilines is 1. The molecule has 1 heterocycles. The van der Waals surface area contributed by atoms with Crippen LogP contribution in [0.15, 0.2) is 72.1 Å². The number of ether oxygens (including phenoxy) is 2. The Hall–Kier alpha value is -3.12. The second kappa shape index (κ2) is 8.31. The maximum absolute atomic E-state index is 12.2. The largest absolute Gasteiger partial charge is 0.457 e. The van der Waals surface area contributed by atoms with Crippen LogP contribution in [-0.4, -0.2) is 18.0 Å². The van der Waals surface area contributed by atoms with Gasteiger partial charge in [0, 0.05) is 5.69 Å². The van der Waals surface area contributed by atoms with Crippen LogP contribution in [0, 0.1) is 0 Å². The van der Waals surface area contributed by atoms with Gasteiger partial charge < -0.3 is 14.8 Å². The van der Waals surface area contributed by atoms with Gasteiger partial charge in [0.2, 0.25) is 0 Å². The molecule has 5 nitrogen and oxygen atoms in total. The number of para-hydroxylation sites is 1. The van der Waals surface area contributed by atoms with Gasteiger partial charge in [-0.25, -0.2) is 4.79 Å². The lowest BCUT2D eigenvalue weighted by molar-refractivity contribution is -0.123. The highest BCUT2D eigenvalue weighted by atomic mass is 32.1. The molecule has 1 amide bonds. The lowest BCUT2D eigenvalue weighted by atomic mass is 10.2. The number of nitrogens with one attached hydrogen (secondary N) is 1. The van der Waals surface area contributed by atoms with Crippen LogP contribution in [0.3, 0.4) is 0 Å². The molecule has 2 aromatic carbocycles. The fraction of sp³-hybridized carbons (Fsp3) is 0.100. The first-order valence-electron chi connectivity index (χ1n) is 8.00. The molecule has 1 atom stereocenters. The smallest absolute Gasteiger partial charge is 0.349 e. The van der Waals surface area contributed by atoms with Crippen LogP contribution >= 0.6 is 11.3 Å². The van der Waals surface area contributed by atoms with E-state index in [-0.39, 0.29) is 0 Å².